The van der Waals surface area contributed by atoms with Gasteiger partial charge in [0.2, 0.25) is 5.89 Å². The van der Waals surface area contributed by atoms with Crippen molar-refractivity contribution in [2.45, 2.75) is 18.3 Å². The first-order valence-electron chi connectivity index (χ1n) is 5.84. The van der Waals surface area contributed by atoms with E-state index in [0.29, 0.717) is 31.3 Å². The number of oxazole rings is 1. The van der Waals surface area contributed by atoms with Crippen LogP contribution in [0.1, 0.15) is 18.7 Å². The van der Waals surface area contributed by atoms with Crippen molar-refractivity contribution in [3.63, 3.8) is 0 Å². The lowest BCUT2D eigenvalue weighted by molar-refractivity contribution is 0.0438. The van der Waals surface area contributed by atoms with Crippen molar-refractivity contribution in [2.24, 2.45) is 5.73 Å². The molecule has 0 atom stereocenters. The maximum absolute atomic E-state index is 5.92. The lowest BCUT2D eigenvalue weighted by Crippen LogP contribution is -2.40. The molecule has 17 heavy (non-hydrogen) atoms. The molecule has 1 aliphatic heterocycles. The minimum atomic E-state index is -0.182. The summed E-state index contributed by atoms with van der Waals surface area (Å²) in [6.07, 6.45) is 3.43. The minimum absolute atomic E-state index is 0.182. The summed E-state index contributed by atoms with van der Waals surface area (Å²) in [6, 6.07) is 3.72. The molecule has 0 radical (unpaired) electrons. The summed E-state index contributed by atoms with van der Waals surface area (Å²) in [6.45, 7) is 1.95. The van der Waals surface area contributed by atoms with E-state index >= 15 is 0 Å². The number of hydrogen-bond donors (Lipinski definition) is 1. The number of fused-ring (bicyclic) bond motifs is 1. The van der Waals surface area contributed by atoms with E-state index in [1.165, 1.54) is 0 Å². The lowest BCUT2D eigenvalue weighted by atomic mass is 9.80. The van der Waals surface area contributed by atoms with Gasteiger partial charge < -0.3 is 14.9 Å². The summed E-state index contributed by atoms with van der Waals surface area (Å²) >= 11 is 0. The Labute approximate surface area is 99.0 Å². The summed E-state index contributed by atoms with van der Waals surface area (Å²) < 4.78 is 11.2. The van der Waals surface area contributed by atoms with Crippen molar-refractivity contribution in [2.75, 3.05) is 19.8 Å². The summed E-state index contributed by atoms with van der Waals surface area (Å²) in [5, 5.41) is 0. The van der Waals surface area contributed by atoms with E-state index < -0.39 is 0 Å². The smallest absolute Gasteiger partial charge is 0.204 e. The molecule has 0 aliphatic carbocycles. The van der Waals surface area contributed by atoms with Gasteiger partial charge in [-0.05, 0) is 25.0 Å². The van der Waals surface area contributed by atoms with Crippen LogP contribution in [0.4, 0.5) is 0 Å². The standard InChI is InChI=1S/C12H15N3O2/c13-8-12(3-6-16-7-4-12)11-15-10-9(17-11)2-1-5-14-10/h1-2,5H,3-4,6-8,13H2. The van der Waals surface area contributed by atoms with Crippen molar-refractivity contribution < 1.29 is 9.15 Å². The number of nitrogens with zero attached hydrogens (tertiary/aromatic N) is 2. The average molecular weight is 233 g/mol. The first-order chi connectivity index (χ1) is 8.34. The summed E-state index contributed by atoms with van der Waals surface area (Å²) in [7, 11) is 0. The molecule has 5 nitrogen and oxygen atoms in total. The van der Waals surface area contributed by atoms with Crippen LogP contribution in [0.3, 0.4) is 0 Å². The molecule has 3 rings (SSSR count). The number of nitrogens with two attached hydrogens (primary N) is 1. The van der Waals surface area contributed by atoms with Crippen LogP contribution >= 0.6 is 0 Å². The van der Waals surface area contributed by atoms with Crippen molar-refractivity contribution in [3.05, 3.63) is 24.2 Å². The highest BCUT2D eigenvalue weighted by atomic mass is 16.5. The summed E-state index contributed by atoms with van der Waals surface area (Å²) in [4.78, 5) is 8.65. The monoisotopic (exact) mass is 233 g/mol. The van der Waals surface area contributed by atoms with Gasteiger partial charge in [0.15, 0.2) is 11.2 Å². The molecule has 2 aromatic heterocycles. The van der Waals surface area contributed by atoms with Gasteiger partial charge in [-0.3, -0.25) is 0 Å². The second-order valence-electron chi connectivity index (χ2n) is 4.44. The van der Waals surface area contributed by atoms with Gasteiger partial charge in [-0.1, -0.05) is 0 Å². The third-order valence-corrected chi connectivity index (χ3v) is 3.46. The maximum atomic E-state index is 5.92. The highest BCUT2D eigenvalue weighted by Gasteiger charge is 2.38. The average Bonchev–Trinajstić information content (AvgIpc) is 2.84. The molecule has 0 saturated carbocycles. The first kappa shape index (κ1) is 10.7. The Hall–Kier alpha value is -1.46. The molecule has 90 valence electrons. The van der Waals surface area contributed by atoms with Crippen LogP contribution in [0.15, 0.2) is 22.7 Å². The molecule has 0 aromatic carbocycles. The van der Waals surface area contributed by atoms with Crippen LogP contribution in [0.2, 0.25) is 0 Å². The molecule has 0 spiro atoms. The van der Waals surface area contributed by atoms with Crippen LogP contribution < -0.4 is 5.73 Å². The van der Waals surface area contributed by atoms with E-state index in [-0.39, 0.29) is 5.41 Å². The van der Waals surface area contributed by atoms with E-state index in [1.54, 1.807) is 6.20 Å². The van der Waals surface area contributed by atoms with Gasteiger partial charge in [0.1, 0.15) is 0 Å². The first-order valence-corrected chi connectivity index (χ1v) is 5.84. The Morgan fingerprint density at radius 1 is 1.35 bits per heavy atom. The summed E-state index contributed by atoms with van der Waals surface area (Å²) in [5.41, 5.74) is 7.11. The van der Waals surface area contributed by atoms with Crippen molar-refractivity contribution in [1.82, 2.24) is 9.97 Å². The van der Waals surface area contributed by atoms with Crippen molar-refractivity contribution in [3.8, 4) is 0 Å². The Balaban J connectivity index is 2.05. The Morgan fingerprint density at radius 3 is 2.88 bits per heavy atom. The molecule has 1 fully saturated rings. The quantitative estimate of drug-likeness (QED) is 0.844. The fraction of sp³-hybridized carbons (Fsp3) is 0.500. The topological polar surface area (TPSA) is 74.2 Å². The minimum Gasteiger partial charge on any atom is -0.438 e. The zero-order valence-corrected chi connectivity index (χ0v) is 9.56. The normalized spacial score (nSPS) is 19.6. The number of aromatic nitrogens is 2. The zero-order valence-electron chi connectivity index (χ0n) is 9.56. The van der Waals surface area contributed by atoms with Gasteiger partial charge in [0.25, 0.3) is 0 Å². The van der Waals surface area contributed by atoms with Gasteiger partial charge in [0, 0.05) is 26.0 Å². The van der Waals surface area contributed by atoms with Crippen LogP contribution in [0.5, 0.6) is 0 Å². The van der Waals surface area contributed by atoms with E-state index in [0.717, 1.165) is 18.4 Å². The van der Waals surface area contributed by atoms with Gasteiger partial charge >= 0.3 is 0 Å². The fourth-order valence-corrected chi connectivity index (χ4v) is 2.26. The largest absolute Gasteiger partial charge is 0.438 e. The molecule has 1 aliphatic rings. The van der Waals surface area contributed by atoms with E-state index in [2.05, 4.69) is 9.97 Å². The second kappa shape index (κ2) is 4.09. The molecule has 2 N–H and O–H groups in total. The third-order valence-electron chi connectivity index (χ3n) is 3.46. The third kappa shape index (κ3) is 1.71. The molecule has 0 bridgehead atoms. The SMILES string of the molecule is NCC1(c2nc3ncccc3o2)CCOCC1. The van der Waals surface area contributed by atoms with E-state index in [1.807, 2.05) is 12.1 Å². The number of hydrogen-bond acceptors (Lipinski definition) is 5. The van der Waals surface area contributed by atoms with Gasteiger partial charge in [-0.25, -0.2) is 4.98 Å². The second-order valence-corrected chi connectivity index (χ2v) is 4.44. The Bertz CT molecular complexity index is 484. The molecular formula is C12H15N3O2. The van der Waals surface area contributed by atoms with Crippen LogP contribution in [-0.4, -0.2) is 29.7 Å². The van der Waals surface area contributed by atoms with Gasteiger partial charge in [-0.15, -0.1) is 0 Å². The predicted molar refractivity (Wildman–Crippen MR) is 62.6 cm³/mol. The predicted octanol–water partition coefficient (Wildman–Crippen LogP) is 1.23. The number of pyridine rings is 1. The maximum Gasteiger partial charge on any atom is 0.204 e. The number of rotatable bonds is 2. The lowest BCUT2D eigenvalue weighted by Gasteiger charge is -2.32. The highest BCUT2D eigenvalue weighted by molar-refractivity contribution is 5.67. The summed E-state index contributed by atoms with van der Waals surface area (Å²) in [5.74, 6) is 0.706. The Kier molecular flexibility index (Phi) is 2.57. The van der Waals surface area contributed by atoms with Gasteiger partial charge in [0.05, 0.1) is 5.41 Å². The molecule has 5 heteroatoms. The molecule has 0 amide bonds. The number of ether oxygens (including phenoxy) is 1. The van der Waals surface area contributed by atoms with Crippen molar-refractivity contribution >= 4 is 11.2 Å². The van der Waals surface area contributed by atoms with E-state index in [4.69, 9.17) is 14.9 Å². The van der Waals surface area contributed by atoms with Gasteiger partial charge in [-0.2, -0.15) is 4.98 Å². The molecule has 0 unspecified atom stereocenters. The van der Waals surface area contributed by atoms with Crippen molar-refractivity contribution in [1.29, 1.82) is 0 Å². The van der Waals surface area contributed by atoms with Crippen LogP contribution in [0, 0.1) is 0 Å². The fourth-order valence-electron chi connectivity index (χ4n) is 2.26. The Morgan fingerprint density at radius 2 is 2.18 bits per heavy atom. The molecular weight excluding hydrogens is 218 g/mol. The molecule has 3 heterocycles. The molecule has 2 aromatic rings. The molecule has 1 saturated heterocycles. The zero-order chi connectivity index (χ0) is 11.7. The van der Waals surface area contributed by atoms with Crippen LogP contribution in [0.25, 0.3) is 11.2 Å². The van der Waals surface area contributed by atoms with Crippen LogP contribution in [-0.2, 0) is 10.2 Å². The van der Waals surface area contributed by atoms with E-state index in [9.17, 15) is 0 Å². The highest BCUT2D eigenvalue weighted by Crippen LogP contribution is 2.34.